The van der Waals surface area contributed by atoms with Gasteiger partial charge in [-0.2, -0.15) is 0 Å². The standard InChI is InChI=1S/C10H12ClFN2/c1-13-8-4-5-14-10-7(12)3-2-6(11)9(8)10/h2-3,8,13-14H,4-5H2,1H3. The first-order valence-corrected chi connectivity index (χ1v) is 5.01. The lowest BCUT2D eigenvalue weighted by atomic mass is 9.98. The Morgan fingerprint density at radius 2 is 2.36 bits per heavy atom. The highest BCUT2D eigenvalue weighted by Crippen LogP contribution is 2.36. The van der Waals surface area contributed by atoms with Gasteiger partial charge in [0.1, 0.15) is 5.82 Å². The van der Waals surface area contributed by atoms with Crippen LogP contribution in [0.5, 0.6) is 0 Å². The molecule has 2 N–H and O–H groups in total. The molecule has 0 saturated heterocycles. The smallest absolute Gasteiger partial charge is 0.146 e. The molecule has 2 nitrogen and oxygen atoms in total. The molecule has 0 fully saturated rings. The Bertz CT molecular complexity index is 354. The maximum atomic E-state index is 13.4. The lowest BCUT2D eigenvalue weighted by molar-refractivity contribution is 0.539. The molecule has 0 aliphatic carbocycles. The van der Waals surface area contributed by atoms with E-state index in [9.17, 15) is 4.39 Å². The van der Waals surface area contributed by atoms with Crippen molar-refractivity contribution in [1.29, 1.82) is 0 Å². The van der Waals surface area contributed by atoms with Crippen LogP contribution in [0, 0.1) is 5.82 Å². The van der Waals surface area contributed by atoms with Crippen molar-refractivity contribution in [2.45, 2.75) is 12.5 Å². The molecule has 1 heterocycles. The SMILES string of the molecule is CNC1CCNc2c(F)ccc(Cl)c21. The van der Waals surface area contributed by atoms with Crippen molar-refractivity contribution in [2.24, 2.45) is 0 Å². The fourth-order valence-electron chi connectivity index (χ4n) is 1.86. The molecular weight excluding hydrogens is 203 g/mol. The zero-order valence-corrected chi connectivity index (χ0v) is 8.66. The number of rotatable bonds is 1. The topological polar surface area (TPSA) is 24.1 Å². The maximum Gasteiger partial charge on any atom is 0.146 e. The lowest BCUT2D eigenvalue weighted by Crippen LogP contribution is -2.26. The predicted octanol–water partition coefficient (Wildman–Crippen LogP) is 2.56. The summed E-state index contributed by atoms with van der Waals surface area (Å²) in [4.78, 5) is 0. The number of anilines is 1. The Labute approximate surface area is 87.5 Å². The Morgan fingerprint density at radius 1 is 1.57 bits per heavy atom. The summed E-state index contributed by atoms with van der Waals surface area (Å²) in [5.41, 5.74) is 1.39. The van der Waals surface area contributed by atoms with Crippen LogP contribution in [0.15, 0.2) is 12.1 Å². The average Bonchev–Trinajstić information content (AvgIpc) is 2.23. The molecule has 0 saturated carbocycles. The summed E-state index contributed by atoms with van der Waals surface area (Å²) in [6.45, 7) is 0.774. The van der Waals surface area contributed by atoms with E-state index in [-0.39, 0.29) is 11.9 Å². The number of halogens is 2. The van der Waals surface area contributed by atoms with Crippen LogP contribution in [0.3, 0.4) is 0 Å². The molecule has 0 radical (unpaired) electrons. The third-order valence-corrected chi connectivity index (χ3v) is 2.90. The minimum absolute atomic E-state index is 0.148. The molecule has 1 unspecified atom stereocenters. The van der Waals surface area contributed by atoms with Crippen LogP contribution in [0.25, 0.3) is 0 Å². The molecular formula is C10H12ClFN2. The summed E-state index contributed by atoms with van der Waals surface area (Å²) < 4.78 is 13.4. The van der Waals surface area contributed by atoms with Gasteiger partial charge in [0.05, 0.1) is 5.69 Å². The van der Waals surface area contributed by atoms with Crippen molar-refractivity contribution in [3.8, 4) is 0 Å². The first-order valence-electron chi connectivity index (χ1n) is 4.63. The number of nitrogens with one attached hydrogen (secondary N) is 2. The highest BCUT2D eigenvalue weighted by atomic mass is 35.5. The highest BCUT2D eigenvalue weighted by molar-refractivity contribution is 6.31. The molecule has 1 aromatic rings. The fourth-order valence-corrected chi connectivity index (χ4v) is 2.15. The van der Waals surface area contributed by atoms with Crippen molar-refractivity contribution < 1.29 is 4.39 Å². The van der Waals surface area contributed by atoms with Crippen LogP contribution < -0.4 is 10.6 Å². The molecule has 1 aliphatic heterocycles. The molecule has 1 atom stereocenters. The van der Waals surface area contributed by atoms with Crippen molar-refractivity contribution in [1.82, 2.24) is 5.32 Å². The molecule has 14 heavy (non-hydrogen) atoms. The Morgan fingerprint density at radius 3 is 3.07 bits per heavy atom. The van der Waals surface area contributed by atoms with Gasteiger partial charge in [-0.05, 0) is 25.6 Å². The first kappa shape index (κ1) is 9.74. The van der Waals surface area contributed by atoms with E-state index in [2.05, 4.69) is 10.6 Å². The molecule has 1 aliphatic rings. The van der Waals surface area contributed by atoms with Crippen LogP contribution in [-0.4, -0.2) is 13.6 Å². The van der Waals surface area contributed by atoms with Gasteiger partial charge < -0.3 is 10.6 Å². The third kappa shape index (κ3) is 1.47. The van der Waals surface area contributed by atoms with Gasteiger partial charge in [0.2, 0.25) is 0 Å². The predicted molar refractivity (Wildman–Crippen MR) is 56.3 cm³/mol. The number of hydrogen-bond acceptors (Lipinski definition) is 2. The van der Waals surface area contributed by atoms with Crippen LogP contribution in [0.4, 0.5) is 10.1 Å². The zero-order valence-electron chi connectivity index (χ0n) is 7.90. The summed E-state index contributed by atoms with van der Waals surface area (Å²) in [5, 5.41) is 6.79. The van der Waals surface area contributed by atoms with Gasteiger partial charge in [-0.25, -0.2) is 4.39 Å². The van der Waals surface area contributed by atoms with Gasteiger partial charge in [0.15, 0.2) is 0 Å². The first-order chi connectivity index (χ1) is 6.74. The summed E-state index contributed by atoms with van der Waals surface area (Å²) in [7, 11) is 1.86. The maximum absolute atomic E-state index is 13.4. The Balaban J connectivity index is 2.55. The summed E-state index contributed by atoms with van der Waals surface area (Å²) in [5.74, 6) is -0.232. The second-order valence-electron chi connectivity index (χ2n) is 3.37. The van der Waals surface area contributed by atoms with E-state index in [1.807, 2.05) is 7.05 Å². The normalized spacial score (nSPS) is 20.1. The van der Waals surface area contributed by atoms with E-state index >= 15 is 0 Å². The second-order valence-corrected chi connectivity index (χ2v) is 3.78. The average molecular weight is 215 g/mol. The van der Waals surface area contributed by atoms with Crippen LogP contribution in [0.1, 0.15) is 18.0 Å². The van der Waals surface area contributed by atoms with Gasteiger partial charge in [0.25, 0.3) is 0 Å². The Kier molecular flexibility index (Phi) is 2.61. The van der Waals surface area contributed by atoms with E-state index in [0.717, 1.165) is 18.5 Å². The Hall–Kier alpha value is -0.800. The van der Waals surface area contributed by atoms with E-state index < -0.39 is 0 Å². The van der Waals surface area contributed by atoms with E-state index in [1.165, 1.54) is 6.07 Å². The van der Waals surface area contributed by atoms with Crippen LogP contribution in [0.2, 0.25) is 5.02 Å². The van der Waals surface area contributed by atoms with Crippen molar-refractivity contribution in [3.05, 3.63) is 28.5 Å². The molecule has 0 spiro atoms. The minimum atomic E-state index is -0.232. The molecule has 0 aromatic heterocycles. The number of hydrogen-bond donors (Lipinski definition) is 2. The van der Waals surface area contributed by atoms with Gasteiger partial charge >= 0.3 is 0 Å². The fraction of sp³-hybridized carbons (Fsp3) is 0.400. The van der Waals surface area contributed by atoms with Gasteiger partial charge in [-0.15, -0.1) is 0 Å². The van der Waals surface area contributed by atoms with E-state index in [1.54, 1.807) is 6.07 Å². The molecule has 4 heteroatoms. The van der Waals surface area contributed by atoms with E-state index in [4.69, 9.17) is 11.6 Å². The van der Waals surface area contributed by atoms with E-state index in [0.29, 0.717) is 10.7 Å². The summed E-state index contributed by atoms with van der Waals surface area (Å²) in [6.07, 6.45) is 0.923. The van der Waals surface area contributed by atoms with Crippen molar-refractivity contribution >= 4 is 17.3 Å². The summed E-state index contributed by atoms with van der Waals surface area (Å²) in [6, 6.07) is 3.15. The highest BCUT2D eigenvalue weighted by Gasteiger charge is 2.23. The van der Waals surface area contributed by atoms with Crippen molar-refractivity contribution in [3.63, 3.8) is 0 Å². The molecule has 2 rings (SSSR count). The monoisotopic (exact) mass is 214 g/mol. The second kappa shape index (κ2) is 3.75. The molecule has 0 amide bonds. The minimum Gasteiger partial charge on any atom is -0.382 e. The van der Waals surface area contributed by atoms with Gasteiger partial charge in [-0.1, -0.05) is 11.6 Å². The summed E-state index contributed by atoms with van der Waals surface area (Å²) >= 11 is 6.04. The molecule has 76 valence electrons. The number of fused-ring (bicyclic) bond motifs is 1. The van der Waals surface area contributed by atoms with Crippen LogP contribution >= 0.6 is 11.6 Å². The zero-order chi connectivity index (χ0) is 10.1. The van der Waals surface area contributed by atoms with Gasteiger partial charge in [-0.3, -0.25) is 0 Å². The lowest BCUT2D eigenvalue weighted by Gasteiger charge is -2.27. The third-order valence-electron chi connectivity index (χ3n) is 2.57. The van der Waals surface area contributed by atoms with Gasteiger partial charge in [0, 0.05) is 23.2 Å². The molecule has 0 bridgehead atoms. The number of benzene rings is 1. The quantitative estimate of drug-likeness (QED) is 0.751. The largest absolute Gasteiger partial charge is 0.382 e. The van der Waals surface area contributed by atoms with Crippen LogP contribution in [-0.2, 0) is 0 Å². The molecule has 1 aromatic carbocycles. The van der Waals surface area contributed by atoms with Crippen molar-refractivity contribution in [2.75, 3.05) is 18.9 Å².